The highest BCUT2D eigenvalue weighted by Crippen LogP contribution is 2.41. The number of aromatic nitrogens is 3. The van der Waals surface area contributed by atoms with E-state index in [2.05, 4.69) is 9.97 Å². The summed E-state index contributed by atoms with van der Waals surface area (Å²) in [5.74, 6) is 0.336. The Morgan fingerprint density at radius 1 is 1.27 bits per heavy atom. The second kappa shape index (κ2) is 5.48. The van der Waals surface area contributed by atoms with E-state index < -0.39 is 4.92 Å². The highest BCUT2D eigenvalue weighted by molar-refractivity contribution is 7.21. The highest BCUT2D eigenvalue weighted by Gasteiger charge is 2.25. The molecule has 0 aliphatic rings. The van der Waals surface area contributed by atoms with E-state index in [1.165, 1.54) is 4.40 Å². The fourth-order valence-electron chi connectivity index (χ4n) is 2.97. The molecule has 26 heavy (non-hydrogen) atoms. The molecule has 0 saturated carbocycles. The van der Waals surface area contributed by atoms with Crippen molar-refractivity contribution >= 4 is 54.4 Å². The summed E-state index contributed by atoms with van der Waals surface area (Å²) >= 11 is 3.14. The topological polar surface area (TPSA) is 82.6 Å². The van der Waals surface area contributed by atoms with Crippen LogP contribution >= 0.6 is 22.7 Å². The number of pyridine rings is 1. The summed E-state index contributed by atoms with van der Waals surface area (Å²) < 4.78 is 9.36. The first kappa shape index (κ1) is 15.2. The predicted molar refractivity (Wildman–Crippen MR) is 102 cm³/mol. The Morgan fingerprint density at radius 2 is 2.15 bits per heavy atom. The standard InChI is InChI=1S/C17H10N4O3S2/c1-9-18-14-12(26-9)8-11(10-5-7-25-15(10)14)24-16-17(21(22)23)20-6-3-2-4-13(20)19-16/h2-8H,1H3. The smallest absolute Gasteiger partial charge is 0.392 e. The number of benzene rings is 1. The van der Waals surface area contributed by atoms with Crippen molar-refractivity contribution in [3.05, 3.63) is 57.0 Å². The van der Waals surface area contributed by atoms with Crippen molar-refractivity contribution in [1.29, 1.82) is 0 Å². The Kier molecular flexibility index (Phi) is 3.21. The Labute approximate surface area is 154 Å². The van der Waals surface area contributed by atoms with Crippen LogP contribution in [0.5, 0.6) is 11.6 Å². The molecule has 7 nitrogen and oxygen atoms in total. The van der Waals surface area contributed by atoms with Crippen LogP contribution in [0.25, 0.3) is 25.9 Å². The van der Waals surface area contributed by atoms with Crippen LogP contribution in [0.2, 0.25) is 0 Å². The van der Waals surface area contributed by atoms with E-state index in [0.717, 1.165) is 25.3 Å². The molecular weight excluding hydrogens is 372 g/mol. The number of thiophene rings is 1. The summed E-state index contributed by atoms with van der Waals surface area (Å²) in [5.41, 5.74) is 1.40. The molecule has 0 saturated heterocycles. The van der Waals surface area contributed by atoms with Crippen molar-refractivity contribution in [2.24, 2.45) is 0 Å². The van der Waals surface area contributed by atoms with Crippen molar-refractivity contribution in [2.45, 2.75) is 6.92 Å². The fraction of sp³-hybridized carbons (Fsp3) is 0.0588. The zero-order valence-electron chi connectivity index (χ0n) is 13.4. The number of aryl methyl sites for hydroxylation is 1. The van der Waals surface area contributed by atoms with Crippen LogP contribution in [-0.4, -0.2) is 19.3 Å². The van der Waals surface area contributed by atoms with E-state index in [1.807, 2.05) is 24.4 Å². The molecule has 0 atom stereocenters. The molecule has 4 aromatic heterocycles. The summed E-state index contributed by atoms with van der Waals surface area (Å²) in [6.45, 7) is 1.96. The van der Waals surface area contributed by atoms with Crippen LogP contribution < -0.4 is 4.74 Å². The van der Waals surface area contributed by atoms with Gasteiger partial charge in [-0.05, 0) is 29.4 Å². The Morgan fingerprint density at radius 3 is 3.00 bits per heavy atom. The summed E-state index contributed by atoms with van der Waals surface area (Å²) in [5, 5.41) is 15.4. The van der Waals surface area contributed by atoms with E-state index in [-0.39, 0.29) is 11.7 Å². The van der Waals surface area contributed by atoms with Gasteiger partial charge in [-0.25, -0.2) is 4.98 Å². The summed E-state index contributed by atoms with van der Waals surface area (Å²) in [6.07, 6.45) is 1.60. The molecule has 0 spiro atoms. The molecule has 0 radical (unpaired) electrons. The average Bonchev–Trinajstić information content (AvgIpc) is 3.29. The number of nitrogens with zero attached hydrogens (tertiary/aromatic N) is 4. The number of hydrogen-bond donors (Lipinski definition) is 0. The molecule has 0 N–H and O–H groups in total. The number of rotatable bonds is 3. The largest absolute Gasteiger partial charge is 0.432 e. The first-order valence-electron chi connectivity index (χ1n) is 7.68. The molecule has 0 aliphatic heterocycles. The van der Waals surface area contributed by atoms with Gasteiger partial charge in [0.2, 0.25) is 5.65 Å². The molecule has 0 bridgehead atoms. The molecule has 5 aromatic rings. The van der Waals surface area contributed by atoms with Gasteiger partial charge in [0, 0.05) is 17.5 Å². The van der Waals surface area contributed by atoms with Gasteiger partial charge in [-0.1, -0.05) is 6.07 Å². The maximum atomic E-state index is 11.6. The second-order valence-electron chi connectivity index (χ2n) is 5.65. The number of thiazole rings is 1. The molecule has 1 aromatic carbocycles. The Balaban J connectivity index is 1.74. The molecule has 4 heterocycles. The van der Waals surface area contributed by atoms with Crippen LogP contribution in [0.4, 0.5) is 5.82 Å². The van der Waals surface area contributed by atoms with Gasteiger partial charge in [-0.2, -0.15) is 9.38 Å². The zero-order chi connectivity index (χ0) is 17.8. The lowest BCUT2D eigenvalue weighted by Gasteiger charge is -2.05. The van der Waals surface area contributed by atoms with Crippen LogP contribution in [0.1, 0.15) is 5.01 Å². The van der Waals surface area contributed by atoms with Gasteiger partial charge in [0.05, 0.1) is 26.1 Å². The van der Waals surface area contributed by atoms with Gasteiger partial charge in [0.1, 0.15) is 5.75 Å². The maximum absolute atomic E-state index is 11.6. The average molecular weight is 382 g/mol. The first-order valence-corrected chi connectivity index (χ1v) is 9.38. The van der Waals surface area contributed by atoms with E-state index >= 15 is 0 Å². The minimum absolute atomic E-state index is 0.0192. The van der Waals surface area contributed by atoms with E-state index in [4.69, 9.17) is 4.74 Å². The van der Waals surface area contributed by atoms with Crippen molar-refractivity contribution in [3.63, 3.8) is 0 Å². The zero-order valence-corrected chi connectivity index (χ0v) is 15.0. The van der Waals surface area contributed by atoms with Crippen LogP contribution in [-0.2, 0) is 0 Å². The van der Waals surface area contributed by atoms with E-state index in [0.29, 0.717) is 11.4 Å². The van der Waals surface area contributed by atoms with Crippen molar-refractivity contribution in [3.8, 4) is 11.6 Å². The van der Waals surface area contributed by atoms with Gasteiger partial charge < -0.3 is 14.9 Å². The van der Waals surface area contributed by atoms with Crippen LogP contribution in [0, 0.1) is 17.0 Å². The maximum Gasteiger partial charge on any atom is 0.392 e. The third-order valence-electron chi connectivity index (χ3n) is 4.02. The lowest BCUT2D eigenvalue weighted by molar-refractivity contribution is -0.391. The molecule has 0 unspecified atom stereocenters. The third kappa shape index (κ3) is 2.18. The molecule has 0 amide bonds. The van der Waals surface area contributed by atoms with E-state index in [1.54, 1.807) is 47.1 Å². The summed E-state index contributed by atoms with van der Waals surface area (Å²) in [6, 6.07) is 9.01. The van der Waals surface area contributed by atoms with Crippen molar-refractivity contribution in [2.75, 3.05) is 0 Å². The van der Waals surface area contributed by atoms with E-state index in [9.17, 15) is 10.1 Å². The SMILES string of the molecule is Cc1nc2c(cc(Oc3nc4ccccn4c3[N+](=O)[O-])c3ccsc32)s1. The Bertz CT molecular complexity index is 1320. The minimum atomic E-state index is -0.477. The number of nitro groups is 1. The number of hydrogen-bond acceptors (Lipinski definition) is 7. The van der Waals surface area contributed by atoms with Crippen LogP contribution in [0.3, 0.4) is 0 Å². The van der Waals surface area contributed by atoms with Crippen molar-refractivity contribution in [1.82, 2.24) is 14.4 Å². The molecule has 128 valence electrons. The minimum Gasteiger partial charge on any atom is -0.432 e. The third-order valence-corrected chi connectivity index (χ3v) is 5.86. The molecule has 0 fully saturated rings. The molecular formula is C17H10N4O3S2. The lowest BCUT2D eigenvalue weighted by Crippen LogP contribution is -1.96. The van der Waals surface area contributed by atoms with Gasteiger partial charge >= 0.3 is 11.7 Å². The number of imidazole rings is 1. The summed E-state index contributed by atoms with van der Waals surface area (Å²) in [4.78, 5) is 20.0. The van der Waals surface area contributed by atoms with Crippen molar-refractivity contribution < 1.29 is 9.66 Å². The predicted octanol–water partition coefficient (Wildman–Crippen LogP) is 5.17. The highest BCUT2D eigenvalue weighted by atomic mass is 32.1. The number of ether oxygens (including phenoxy) is 1. The van der Waals surface area contributed by atoms with Crippen LogP contribution in [0.15, 0.2) is 41.9 Å². The van der Waals surface area contributed by atoms with Gasteiger partial charge in [0.15, 0.2) is 0 Å². The van der Waals surface area contributed by atoms with Gasteiger partial charge in [0.25, 0.3) is 0 Å². The lowest BCUT2D eigenvalue weighted by atomic mass is 10.2. The van der Waals surface area contributed by atoms with Gasteiger partial charge in [-0.3, -0.25) is 0 Å². The Hall–Kier alpha value is -3.04. The molecule has 5 rings (SSSR count). The monoisotopic (exact) mass is 382 g/mol. The molecule has 9 heteroatoms. The molecule has 0 aliphatic carbocycles. The first-order chi connectivity index (χ1) is 12.6. The number of fused-ring (bicyclic) bond motifs is 4. The fourth-order valence-corrected chi connectivity index (χ4v) is 4.80. The summed E-state index contributed by atoms with van der Waals surface area (Å²) in [7, 11) is 0. The normalized spacial score (nSPS) is 11.6. The van der Waals surface area contributed by atoms with Gasteiger partial charge in [-0.15, -0.1) is 22.7 Å². The quantitative estimate of drug-likeness (QED) is 0.318. The second-order valence-corrected chi connectivity index (χ2v) is 7.80.